The van der Waals surface area contributed by atoms with E-state index in [0.717, 1.165) is 40.2 Å². The van der Waals surface area contributed by atoms with E-state index in [4.69, 9.17) is 0 Å². The molecule has 2 aromatic heterocycles. The Kier molecular flexibility index (Phi) is 5.50. The van der Waals surface area contributed by atoms with Crippen molar-refractivity contribution < 1.29 is 9.90 Å². The average Bonchev–Trinajstić information content (AvgIpc) is 3.13. The van der Waals surface area contributed by atoms with Crippen LogP contribution in [0.15, 0.2) is 53.3 Å². The molecule has 0 bridgehead atoms. The summed E-state index contributed by atoms with van der Waals surface area (Å²) in [5.74, 6) is -0.937. The van der Waals surface area contributed by atoms with Crippen LogP contribution in [0.4, 0.5) is 0 Å². The van der Waals surface area contributed by atoms with Crippen molar-refractivity contribution in [2.24, 2.45) is 5.92 Å². The lowest BCUT2D eigenvalue weighted by Gasteiger charge is -2.29. The Balaban J connectivity index is 1.64. The topological polar surface area (TPSA) is 84.1 Å². The van der Waals surface area contributed by atoms with Crippen molar-refractivity contribution in [1.29, 1.82) is 0 Å². The van der Waals surface area contributed by atoms with Crippen molar-refractivity contribution in [2.45, 2.75) is 19.4 Å². The summed E-state index contributed by atoms with van der Waals surface area (Å²) in [6, 6.07) is 11.8. The zero-order chi connectivity index (χ0) is 19.5. The Labute approximate surface area is 171 Å². The fourth-order valence-electron chi connectivity index (χ4n) is 3.53. The zero-order valence-corrected chi connectivity index (χ0v) is 16.8. The Morgan fingerprint density at radius 2 is 1.79 bits per heavy atom. The number of nitrogens with zero attached hydrogens (tertiary/aromatic N) is 5. The molecule has 1 N–H and O–H groups in total. The van der Waals surface area contributed by atoms with Gasteiger partial charge in [-0.1, -0.05) is 21.1 Å². The van der Waals surface area contributed by atoms with Gasteiger partial charge < -0.3 is 5.11 Å². The summed E-state index contributed by atoms with van der Waals surface area (Å²) in [5.41, 5.74) is 3.74. The van der Waals surface area contributed by atoms with Crippen LogP contribution in [-0.4, -0.2) is 49.0 Å². The normalized spacial score (nSPS) is 15.6. The highest BCUT2D eigenvalue weighted by Gasteiger charge is 2.26. The first-order valence-electron chi connectivity index (χ1n) is 9.18. The van der Waals surface area contributed by atoms with Crippen LogP contribution in [0.3, 0.4) is 0 Å². The summed E-state index contributed by atoms with van der Waals surface area (Å²) in [7, 11) is 0. The molecule has 1 aliphatic rings. The molecule has 1 fully saturated rings. The zero-order valence-electron chi connectivity index (χ0n) is 15.2. The van der Waals surface area contributed by atoms with Gasteiger partial charge >= 0.3 is 5.97 Å². The van der Waals surface area contributed by atoms with Crippen molar-refractivity contribution in [3.63, 3.8) is 0 Å². The predicted octanol–water partition coefficient (Wildman–Crippen LogP) is 3.39. The number of benzene rings is 1. The number of aromatic nitrogens is 4. The number of carbonyl (C=O) groups is 1. The lowest BCUT2D eigenvalue weighted by atomic mass is 9.97. The summed E-state index contributed by atoms with van der Waals surface area (Å²) in [6.45, 7) is 2.14. The first-order chi connectivity index (χ1) is 13.6. The Morgan fingerprint density at radius 1 is 1.11 bits per heavy atom. The molecule has 3 aromatic rings. The van der Waals surface area contributed by atoms with Crippen LogP contribution in [0.5, 0.6) is 0 Å². The van der Waals surface area contributed by atoms with E-state index in [9.17, 15) is 9.90 Å². The van der Waals surface area contributed by atoms with E-state index in [1.54, 1.807) is 12.4 Å². The maximum Gasteiger partial charge on any atom is 0.306 e. The highest BCUT2D eigenvalue weighted by molar-refractivity contribution is 9.10. The number of carboxylic acid groups (broad SMARTS) is 1. The van der Waals surface area contributed by atoms with Gasteiger partial charge in [-0.2, -0.15) is 0 Å². The van der Waals surface area contributed by atoms with Crippen LogP contribution in [0.2, 0.25) is 0 Å². The molecular weight excluding hydrogens is 422 g/mol. The number of halogens is 1. The highest BCUT2D eigenvalue weighted by Crippen LogP contribution is 2.27. The smallest absolute Gasteiger partial charge is 0.306 e. The van der Waals surface area contributed by atoms with Gasteiger partial charge in [0.25, 0.3) is 0 Å². The molecule has 8 heteroatoms. The third kappa shape index (κ3) is 3.98. The molecular formula is C20H20BrN5O2. The molecule has 0 radical (unpaired) electrons. The largest absolute Gasteiger partial charge is 0.481 e. The minimum atomic E-state index is -0.696. The molecule has 0 unspecified atom stereocenters. The van der Waals surface area contributed by atoms with Crippen LogP contribution in [-0.2, 0) is 11.3 Å². The number of hydrogen-bond donors (Lipinski definition) is 1. The molecule has 1 aromatic carbocycles. The lowest BCUT2D eigenvalue weighted by Crippen LogP contribution is -2.36. The summed E-state index contributed by atoms with van der Waals surface area (Å²) in [4.78, 5) is 17.6. The van der Waals surface area contributed by atoms with E-state index in [1.807, 2.05) is 41.1 Å². The summed E-state index contributed by atoms with van der Waals surface area (Å²) >= 11 is 3.47. The summed E-state index contributed by atoms with van der Waals surface area (Å²) in [5, 5.41) is 18.1. The van der Waals surface area contributed by atoms with E-state index in [1.165, 1.54) is 0 Å². The third-order valence-corrected chi connectivity index (χ3v) is 5.60. The molecule has 0 amide bonds. The first kappa shape index (κ1) is 18.8. The number of aliphatic carboxylic acids is 1. The monoisotopic (exact) mass is 441 g/mol. The number of rotatable bonds is 5. The van der Waals surface area contributed by atoms with E-state index in [0.29, 0.717) is 19.4 Å². The molecule has 4 rings (SSSR count). The van der Waals surface area contributed by atoms with E-state index in [2.05, 4.69) is 36.1 Å². The molecule has 0 aliphatic carbocycles. The van der Waals surface area contributed by atoms with Gasteiger partial charge in [0.15, 0.2) is 0 Å². The van der Waals surface area contributed by atoms with Gasteiger partial charge in [-0.05, 0) is 62.3 Å². The van der Waals surface area contributed by atoms with Gasteiger partial charge in [0.2, 0.25) is 0 Å². The summed E-state index contributed by atoms with van der Waals surface area (Å²) in [6.07, 6.45) is 4.86. The lowest BCUT2D eigenvalue weighted by molar-refractivity contribution is -0.143. The molecule has 0 atom stereocenters. The predicted molar refractivity (Wildman–Crippen MR) is 108 cm³/mol. The minimum absolute atomic E-state index is 0.241. The van der Waals surface area contributed by atoms with Crippen molar-refractivity contribution >= 4 is 21.9 Å². The van der Waals surface area contributed by atoms with E-state index < -0.39 is 5.97 Å². The van der Waals surface area contributed by atoms with Gasteiger partial charge in [0, 0.05) is 29.0 Å². The van der Waals surface area contributed by atoms with Crippen LogP contribution in [0.25, 0.3) is 16.9 Å². The third-order valence-electron chi connectivity index (χ3n) is 5.08. The van der Waals surface area contributed by atoms with Crippen molar-refractivity contribution in [3.05, 3.63) is 59.0 Å². The number of carboxylic acids is 1. The molecule has 3 heterocycles. The molecule has 1 saturated heterocycles. The Bertz CT molecular complexity index is 950. The second kappa shape index (κ2) is 8.20. The fraction of sp³-hybridized carbons (Fsp3) is 0.300. The minimum Gasteiger partial charge on any atom is -0.481 e. The van der Waals surface area contributed by atoms with Gasteiger partial charge in [0.05, 0.1) is 17.3 Å². The quantitative estimate of drug-likeness (QED) is 0.652. The van der Waals surface area contributed by atoms with Crippen molar-refractivity contribution in [1.82, 2.24) is 24.9 Å². The molecule has 0 saturated carbocycles. The standard InChI is InChI=1S/C20H20BrN5O2/c21-16-1-3-17(4-2-16)26-19(14-5-9-22-10-6-14)18(23-24-26)13-25-11-7-15(8-12-25)20(27)28/h1-6,9-10,15H,7-8,11-13H2,(H,27,28). The van der Waals surface area contributed by atoms with Crippen LogP contribution >= 0.6 is 15.9 Å². The van der Waals surface area contributed by atoms with E-state index >= 15 is 0 Å². The van der Waals surface area contributed by atoms with Gasteiger partial charge in [0.1, 0.15) is 5.69 Å². The second-order valence-electron chi connectivity index (χ2n) is 6.90. The van der Waals surface area contributed by atoms with Crippen molar-refractivity contribution in [3.8, 4) is 16.9 Å². The van der Waals surface area contributed by atoms with Gasteiger partial charge in [-0.25, -0.2) is 4.68 Å². The first-order valence-corrected chi connectivity index (χ1v) is 9.97. The number of piperidine rings is 1. The number of likely N-dealkylation sites (tertiary alicyclic amines) is 1. The number of pyridine rings is 1. The van der Waals surface area contributed by atoms with E-state index in [-0.39, 0.29) is 5.92 Å². The molecule has 7 nitrogen and oxygen atoms in total. The Hall–Kier alpha value is -2.58. The molecule has 0 spiro atoms. The second-order valence-corrected chi connectivity index (χ2v) is 7.81. The average molecular weight is 442 g/mol. The maximum absolute atomic E-state index is 11.2. The SMILES string of the molecule is O=C(O)C1CCN(Cc2nnn(-c3ccc(Br)cc3)c2-c2ccncc2)CC1. The van der Waals surface area contributed by atoms with Gasteiger partial charge in [-0.15, -0.1) is 5.10 Å². The van der Waals surface area contributed by atoms with Crippen LogP contribution in [0.1, 0.15) is 18.5 Å². The van der Waals surface area contributed by atoms with Crippen molar-refractivity contribution in [2.75, 3.05) is 13.1 Å². The number of hydrogen-bond acceptors (Lipinski definition) is 5. The molecule has 1 aliphatic heterocycles. The Morgan fingerprint density at radius 3 is 2.43 bits per heavy atom. The van der Waals surface area contributed by atoms with Crippen LogP contribution < -0.4 is 0 Å². The molecule has 28 heavy (non-hydrogen) atoms. The van der Waals surface area contributed by atoms with Gasteiger partial charge in [-0.3, -0.25) is 14.7 Å². The summed E-state index contributed by atoms with van der Waals surface area (Å²) < 4.78 is 2.85. The van der Waals surface area contributed by atoms with Crippen LogP contribution in [0, 0.1) is 5.92 Å². The highest BCUT2D eigenvalue weighted by atomic mass is 79.9. The molecule has 144 valence electrons. The fourth-order valence-corrected chi connectivity index (χ4v) is 3.80. The maximum atomic E-state index is 11.2.